The van der Waals surface area contributed by atoms with Gasteiger partial charge in [-0.2, -0.15) is 5.10 Å². The zero-order valence-electron chi connectivity index (χ0n) is 13.8. The molecule has 0 radical (unpaired) electrons. The van der Waals surface area contributed by atoms with Gasteiger partial charge >= 0.3 is 0 Å². The van der Waals surface area contributed by atoms with Crippen LogP contribution >= 0.6 is 0 Å². The van der Waals surface area contributed by atoms with Gasteiger partial charge in [-0.1, -0.05) is 36.4 Å². The van der Waals surface area contributed by atoms with Crippen LogP contribution < -0.4 is 4.74 Å². The minimum absolute atomic E-state index is 0.193. The van der Waals surface area contributed by atoms with Crippen LogP contribution in [0.3, 0.4) is 0 Å². The lowest BCUT2D eigenvalue weighted by atomic mass is 10.2. The number of benzene rings is 2. The Kier molecular flexibility index (Phi) is 4.38. The number of aromatic amines is 1. The van der Waals surface area contributed by atoms with Gasteiger partial charge in [0.05, 0.1) is 0 Å². The molecular weight excluding hydrogens is 331 g/mol. The molecule has 26 heavy (non-hydrogen) atoms. The molecule has 0 atom stereocenters. The highest BCUT2D eigenvalue weighted by atomic mass is 19.1. The van der Waals surface area contributed by atoms with Crippen LogP contribution in [0, 0.1) is 5.82 Å². The van der Waals surface area contributed by atoms with Crippen molar-refractivity contribution in [1.29, 1.82) is 0 Å². The third-order valence-corrected chi connectivity index (χ3v) is 3.82. The van der Waals surface area contributed by atoms with Gasteiger partial charge in [0, 0.05) is 11.8 Å². The molecule has 5 nitrogen and oxygen atoms in total. The highest BCUT2D eigenvalue weighted by Gasteiger charge is 2.12. The Morgan fingerprint density at radius 2 is 1.81 bits per heavy atom. The normalized spacial score (nSPS) is 10.7. The van der Waals surface area contributed by atoms with Gasteiger partial charge in [0.25, 0.3) is 0 Å². The number of halogens is 1. The third kappa shape index (κ3) is 3.44. The monoisotopic (exact) mass is 346 g/mol. The third-order valence-electron chi connectivity index (χ3n) is 3.82. The Morgan fingerprint density at radius 1 is 0.962 bits per heavy atom. The molecular formula is C20H15FN4O. The number of rotatable bonds is 5. The van der Waals surface area contributed by atoms with E-state index in [9.17, 15) is 4.39 Å². The lowest BCUT2D eigenvalue weighted by Gasteiger charge is -2.08. The van der Waals surface area contributed by atoms with Crippen molar-refractivity contribution in [3.8, 4) is 28.7 Å². The van der Waals surface area contributed by atoms with Crippen LogP contribution in [0.1, 0.15) is 5.56 Å². The highest BCUT2D eigenvalue weighted by molar-refractivity contribution is 5.60. The second-order valence-electron chi connectivity index (χ2n) is 5.64. The molecule has 0 amide bonds. The van der Waals surface area contributed by atoms with E-state index in [0.717, 1.165) is 5.56 Å². The SMILES string of the molecule is Fc1cc(-c2n[nH]c(-c3ccccn3)n2)ccc1OCc1ccccc1. The van der Waals surface area contributed by atoms with E-state index < -0.39 is 5.82 Å². The molecule has 2 aromatic heterocycles. The van der Waals surface area contributed by atoms with Gasteiger partial charge in [-0.15, -0.1) is 0 Å². The van der Waals surface area contributed by atoms with E-state index in [0.29, 0.717) is 29.5 Å². The van der Waals surface area contributed by atoms with Crippen LogP contribution in [0.25, 0.3) is 22.9 Å². The van der Waals surface area contributed by atoms with Crippen LogP contribution in [-0.2, 0) is 6.61 Å². The predicted octanol–water partition coefficient (Wildman–Crippen LogP) is 4.25. The fraction of sp³-hybridized carbons (Fsp3) is 0.0500. The zero-order chi connectivity index (χ0) is 17.8. The van der Waals surface area contributed by atoms with Gasteiger partial charge in [-0.25, -0.2) is 9.37 Å². The van der Waals surface area contributed by atoms with Gasteiger partial charge in [0.2, 0.25) is 0 Å². The fourth-order valence-electron chi connectivity index (χ4n) is 2.50. The quantitative estimate of drug-likeness (QED) is 0.587. The summed E-state index contributed by atoms with van der Waals surface area (Å²) in [5.74, 6) is 0.672. The Balaban J connectivity index is 1.52. The summed E-state index contributed by atoms with van der Waals surface area (Å²) in [6, 6.07) is 19.8. The zero-order valence-corrected chi connectivity index (χ0v) is 13.8. The molecule has 0 spiro atoms. The number of hydrogen-bond donors (Lipinski definition) is 1. The number of hydrogen-bond acceptors (Lipinski definition) is 4. The minimum Gasteiger partial charge on any atom is -0.486 e. The van der Waals surface area contributed by atoms with Crippen molar-refractivity contribution in [1.82, 2.24) is 20.2 Å². The number of pyridine rings is 1. The van der Waals surface area contributed by atoms with Crippen molar-refractivity contribution in [2.75, 3.05) is 0 Å². The molecule has 4 aromatic rings. The Labute approximate surface area is 149 Å². The van der Waals surface area contributed by atoms with E-state index in [1.807, 2.05) is 48.5 Å². The molecule has 2 aromatic carbocycles. The molecule has 0 unspecified atom stereocenters. The number of nitrogens with zero attached hydrogens (tertiary/aromatic N) is 3. The van der Waals surface area contributed by atoms with E-state index in [-0.39, 0.29) is 5.75 Å². The van der Waals surface area contributed by atoms with Crippen molar-refractivity contribution < 1.29 is 9.13 Å². The van der Waals surface area contributed by atoms with Crippen LogP contribution in [0.15, 0.2) is 72.9 Å². The summed E-state index contributed by atoms with van der Waals surface area (Å²) < 4.78 is 19.9. The standard InChI is InChI=1S/C20H15FN4O/c21-16-12-15(9-10-18(16)26-13-14-6-2-1-3-7-14)19-23-20(25-24-19)17-8-4-5-11-22-17/h1-12H,13H2,(H,23,24,25). The molecule has 0 aliphatic heterocycles. The largest absolute Gasteiger partial charge is 0.486 e. The summed E-state index contributed by atoms with van der Waals surface area (Å²) in [6.45, 7) is 0.307. The van der Waals surface area contributed by atoms with Gasteiger partial charge in [0.1, 0.15) is 12.3 Å². The first-order valence-electron chi connectivity index (χ1n) is 8.10. The molecule has 6 heteroatoms. The van der Waals surface area contributed by atoms with E-state index in [1.165, 1.54) is 6.07 Å². The van der Waals surface area contributed by atoms with E-state index in [2.05, 4.69) is 20.2 Å². The summed E-state index contributed by atoms with van der Waals surface area (Å²) in [5, 5.41) is 6.97. The van der Waals surface area contributed by atoms with Crippen LogP contribution in [0.2, 0.25) is 0 Å². The summed E-state index contributed by atoms with van der Waals surface area (Å²) in [6.07, 6.45) is 1.68. The molecule has 4 rings (SSSR count). The van der Waals surface area contributed by atoms with Crippen molar-refractivity contribution in [2.24, 2.45) is 0 Å². The van der Waals surface area contributed by atoms with Crippen LogP contribution in [0.4, 0.5) is 4.39 Å². The summed E-state index contributed by atoms with van der Waals surface area (Å²) in [5.41, 5.74) is 2.22. The highest BCUT2D eigenvalue weighted by Crippen LogP contribution is 2.25. The van der Waals surface area contributed by atoms with Gasteiger partial charge in [-0.3, -0.25) is 10.1 Å². The second kappa shape index (κ2) is 7.14. The molecule has 0 saturated carbocycles. The van der Waals surface area contributed by atoms with E-state index in [1.54, 1.807) is 18.3 Å². The van der Waals surface area contributed by atoms with Gasteiger partial charge in [-0.05, 0) is 35.9 Å². The molecule has 128 valence electrons. The molecule has 0 aliphatic rings. The minimum atomic E-state index is -0.456. The Morgan fingerprint density at radius 3 is 2.58 bits per heavy atom. The lowest BCUT2D eigenvalue weighted by molar-refractivity contribution is 0.290. The number of nitrogens with one attached hydrogen (secondary N) is 1. The molecule has 0 saturated heterocycles. The summed E-state index contributed by atoms with van der Waals surface area (Å²) >= 11 is 0. The van der Waals surface area contributed by atoms with Crippen molar-refractivity contribution >= 4 is 0 Å². The topological polar surface area (TPSA) is 63.7 Å². The Hall–Kier alpha value is -3.54. The van der Waals surface area contributed by atoms with Crippen molar-refractivity contribution in [3.05, 3.63) is 84.3 Å². The fourth-order valence-corrected chi connectivity index (χ4v) is 2.50. The number of H-pyrrole nitrogens is 1. The summed E-state index contributed by atoms with van der Waals surface area (Å²) in [4.78, 5) is 8.59. The first kappa shape index (κ1) is 16.0. The Bertz CT molecular complexity index is 1000. The molecule has 2 heterocycles. The average Bonchev–Trinajstić information content (AvgIpc) is 3.19. The molecule has 0 aliphatic carbocycles. The van der Waals surface area contributed by atoms with Crippen molar-refractivity contribution in [3.63, 3.8) is 0 Å². The predicted molar refractivity (Wildman–Crippen MR) is 95.8 cm³/mol. The second-order valence-corrected chi connectivity index (χ2v) is 5.64. The van der Waals surface area contributed by atoms with E-state index in [4.69, 9.17) is 4.74 Å². The van der Waals surface area contributed by atoms with Gasteiger partial charge < -0.3 is 4.74 Å². The number of aromatic nitrogens is 4. The summed E-state index contributed by atoms with van der Waals surface area (Å²) in [7, 11) is 0. The maximum absolute atomic E-state index is 14.4. The van der Waals surface area contributed by atoms with Crippen molar-refractivity contribution in [2.45, 2.75) is 6.61 Å². The first-order chi connectivity index (χ1) is 12.8. The lowest BCUT2D eigenvalue weighted by Crippen LogP contribution is -1.97. The first-order valence-corrected chi connectivity index (χ1v) is 8.10. The maximum Gasteiger partial charge on any atom is 0.181 e. The molecule has 0 fully saturated rings. The maximum atomic E-state index is 14.4. The number of ether oxygens (including phenoxy) is 1. The van der Waals surface area contributed by atoms with Crippen LogP contribution in [-0.4, -0.2) is 20.2 Å². The average molecular weight is 346 g/mol. The molecule has 1 N–H and O–H groups in total. The molecule has 0 bridgehead atoms. The van der Waals surface area contributed by atoms with E-state index >= 15 is 0 Å². The van der Waals surface area contributed by atoms with Gasteiger partial charge in [0.15, 0.2) is 23.2 Å². The van der Waals surface area contributed by atoms with Crippen LogP contribution in [0.5, 0.6) is 5.75 Å². The smallest absolute Gasteiger partial charge is 0.181 e.